The van der Waals surface area contributed by atoms with Crippen LogP contribution in [0.25, 0.3) is 0 Å². The number of hydrogen-bond acceptors (Lipinski definition) is 3. The number of amides is 1. The molecule has 1 fully saturated rings. The largest absolute Gasteiger partial charge is 0.397 e. The zero-order valence-corrected chi connectivity index (χ0v) is 10.3. The van der Waals surface area contributed by atoms with Gasteiger partial charge < -0.3 is 10.6 Å². The Bertz CT molecular complexity index is 401. The molecule has 0 unspecified atom stereocenters. The van der Waals surface area contributed by atoms with E-state index in [2.05, 4.69) is 11.6 Å². The van der Waals surface area contributed by atoms with Crippen molar-refractivity contribution in [1.82, 2.24) is 9.88 Å². The van der Waals surface area contributed by atoms with Crippen LogP contribution in [0, 0.1) is 0 Å². The van der Waals surface area contributed by atoms with E-state index in [0.717, 1.165) is 12.8 Å². The van der Waals surface area contributed by atoms with E-state index in [9.17, 15) is 4.79 Å². The van der Waals surface area contributed by atoms with Gasteiger partial charge in [-0.25, -0.2) is 4.98 Å². The summed E-state index contributed by atoms with van der Waals surface area (Å²) in [5.74, 6) is -0.0394. The van der Waals surface area contributed by atoms with E-state index in [-0.39, 0.29) is 18.3 Å². The van der Waals surface area contributed by atoms with E-state index in [1.54, 1.807) is 18.2 Å². The van der Waals surface area contributed by atoms with Gasteiger partial charge in [0.1, 0.15) is 5.69 Å². The number of carbonyl (C=O) groups is 1. The minimum atomic E-state index is -0.0394. The van der Waals surface area contributed by atoms with E-state index < -0.39 is 0 Å². The number of hydrogen-bond donors (Lipinski definition) is 1. The number of nitrogens with two attached hydrogens (primary N) is 1. The highest BCUT2D eigenvalue weighted by molar-refractivity contribution is 5.93. The van der Waals surface area contributed by atoms with E-state index in [4.69, 9.17) is 5.73 Å². The number of pyridine rings is 1. The second-order valence-electron chi connectivity index (χ2n) is 3.95. The number of nitrogen functional groups attached to an aromatic ring is 1. The van der Waals surface area contributed by atoms with Crippen LogP contribution in [0.3, 0.4) is 0 Å². The summed E-state index contributed by atoms with van der Waals surface area (Å²) < 4.78 is 0. The Balaban J connectivity index is 0.00000144. The van der Waals surface area contributed by atoms with E-state index in [1.807, 2.05) is 4.90 Å². The number of aromatic nitrogens is 1. The zero-order chi connectivity index (χ0) is 11.5. The van der Waals surface area contributed by atoms with Crippen LogP contribution in [-0.4, -0.2) is 28.4 Å². The molecule has 0 aliphatic heterocycles. The van der Waals surface area contributed by atoms with Crippen LogP contribution < -0.4 is 5.73 Å². The molecule has 1 aromatic heterocycles. The second-order valence-corrected chi connectivity index (χ2v) is 3.95. The zero-order valence-electron chi connectivity index (χ0n) is 9.50. The average Bonchev–Trinajstić information content (AvgIpc) is 3.10. The molecule has 0 aromatic carbocycles. The van der Waals surface area contributed by atoms with Gasteiger partial charge in [0.15, 0.2) is 0 Å². The van der Waals surface area contributed by atoms with Crippen LogP contribution in [-0.2, 0) is 0 Å². The van der Waals surface area contributed by atoms with Crippen molar-refractivity contribution in [1.29, 1.82) is 0 Å². The van der Waals surface area contributed by atoms with Crippen molar-refractivity contribution in [3.8, 4) is 0 Å². The highest BCUT2D eigenvalue weighted by atomic mass is 35.5. The highest BCUT2D eigenvalue weighted by Gasteiger charge is 2.32. The molecule has 2 N–H and O–H groups in total. The lowest BCUT2D eigenvalue weighted by Gasteiger charge is -2.19. The average molecular weight is 254 g/mol. The maximum atomic E-state index is 12.1. The first kappa shape index (κ1) is 13.5. The molecule has 0 spiro atoms. The van der Waals surface area contributed by atoms with Gasteiger partial charge in [-0.15, -0.1) is 19.0 Å². The Hall–Kier alpha value is -1.55. The normalized spacial score (nSPS) is 13.6. The quantitative estimate of drug-likeness (QED) is 0.834. The maximum absolute atomic E-state index is 12.1. The van der Waals surface area contributed by atoms with Gasteiger partial charge in [0.25, 0.3) is 5.91 Å². The maximum Gasteiger partial charge on any atom is 0.272 e. The molecule has 2 rings (SSSR count). The topological polar surface area (TPSA) is 59.2 Å². The van der Waals surface area contributed by atoms with Crippen molar-refractivity contribution in [2.45, 2.75) is 18.9 Å². The molecular formula is C12H16ClN3O. The molecule has 1 aliphatic rings. The van der Waals surface area contributed by atoms with Crippen LogP contribution in [0.5, 0.6) is 0 Å². The van der Waals surface area contributed by atoms with Crippen LogP contribution in [0.2, 0.25) is 0 Å². The van der Waals surface area contributed by atoms with Crippen LogP contribution >= 0.6 is 12.4 Å². The van der Waals surface area contributed by atoms with Gasteiger partial charge in [-0.3, -0.25) is 4.79 Å². The standard InChI is InChI=1S/C12H15N3O.ClH/c1-2-7-15(10-4-5-10)12(16)11-6-3-9(13)8-14-11;/h2-3,6,8,10H,1,4-5,7,13H2;1H. The molecule has 5 heteroatoms. The van der Waals surface area contributed by atoms with Crippen LogP contribution in [0.4, 0.5) is 5.69 Å². The highest BCUT2D eigenvalue weighted by Crippen LogP contribution is 2.27. The molecule has 0 bridgehead atoms. The molecule has 1 heterocycles. The number of anilines is 1. The minimum Gasteiger partial charge on any atom is -0.397 e. The van der Waals surface area contributed by atoms with Crippen molar-refractivity contribution < 1.29 is 4.79 Å². The van der Waals surface area contributed by atoms with Crippen LogP contribution in [0.15, 0.2) is 31.0 Å². The van der Waals surface area contributed by atoms with Gasteiger partial charge in [-0.05, 0) is 25.0 Å². The van der Waals surface area contributed by atoms with Crippen molar-refractivity contribution in [3.63, 3.8) is 0 Å². The smallest absolute Gasteiger partial charge is 0.272 e. The Labute approximate surface area is 107 Å². The lowest BCUT2D eigenvalue weighted by molar-refractivity contribution is 0.0757. The molecule has 92 valence electrons. The third-order valence-corrected chi connectivity index (χ3v) is 2.58. The number of carbonyl (C=O) groups excluding carboxylic acids is 1. The molecule has 1 saturated carbocycles. The molecule has 1 amide bonds. The first-order valence-corrected chi connectivity index (χ1v) is 5.35. The number of halogens is 1. The molecule has 17 heavy (non-hydrogen) atoms. The summed E-state index contributed by atoms with van der Waals surface area (Å²) in [6, 6.07) is 3.72. The summed E-state index contributed by atoms with van der Waals surface area (Å²) in [6.07, 6.45) is 5.41. The summed E-state index contributed by atoms with van der Waals surface area (Å²) >= 11 is 0. The summed E-state index contributed by atoms with van der Waals surface area (Å²) in [4.78, 5) is 18.0. The Morgan fingerprint density at radius 2 is 2.29 bits per heavy atom. The Kier molecular flexibility index (Phi) is 4.52. The second kappa shape index (κ2) is 5.68. The monoisotopic (exact) mass is 253 g/mol. The molecule has 4 nitrogen and oxygen atoms in total. The summed E-state index contributed by atoms with van der Waals surface area (Å²) in [5.41, 5.74) is 6.55. The predicted octanol–water partition coefficient (Wildman–Crippen LogP) is 1.88. The summed E-state index contributed by atoms with van der Waals surface area (Å²) in [7, 11) is 0. The number of nitrogens with zero attached hydrogens (tertiary/aromatic N) is 2. The van der Waals surface area contributed by atoms with Crippen molar-refractivity contribution in [2.24, 2.45) is 0 Å². The van der Waals surface area contributed by atoms with Crippen molar-refractivity contribution in [3.05, 3.63) is 36.7 Å². The first-order chi connectivity index (χ1) is 7.72. The first-order valence-electron chi connectivity index (χ1n) is 5.35. The molecular weight excluding hydrogens is 238 g/mol. The summed E-state index contributed by atoms with van der Waals surface area (Å²) in [6.45, 7) is 4.25. The fourth-order valence-electron chi connectivity index (χ4n) is 1.60. The molecule has 0 saturated heterocycles. The fraction of sp³-hybridized carbons (Fsp3) is 0.333. The van der Waals surface area contributed by atoms with E-state index in [1.165, 1.54) is 6.20 Å². The molecule has 1 aromatic rings. The SMILES string of the molecule is C=CCN(C(=O)c1ccc(N)cn1)C1CC1.Cl. The fourth-order valence-corrected chi connectivity index (χ4v) is 1.60. The molecule has 0 atom stereocenters. The number of rotatable bonds is 4. The molecule has 0 radical (unpaired) electrons. The Morgan fingerprint density at radius 1 is 1.59 bits per heavy atom. The van der Waals surface area contributed by atoms with Gasteiger partial charge >= 0.3 is 0 Å². The Morgan fingerprint density at radius 3 is 2.76 bits per heavy atom. The summed E-state index contributed by atoms with van der Waals surface area (Å²) in [5, 5.41) is 0. The third-order valence-electron chi connectivity index (χ3n) is 2.58. The van der Waals surface area contributed by atoms with Crippen LogP contribution in [0.1, 0.15) is 23.3 Å². The van der Waals surface area contributed by atoms with Gasteiger partial charge in [-0.1, -0.05) is 6.08 Å². The van der Waals surface area contributed by atoms with Gasteiger partial charge in [0.2, 0.25) is 0 Å². The van der Waals surface area contributed by atoms with Gasteiger partial charge in [0.05, 0.1) is 11.9 Å². The molecule has 1 aliphatic carbocycles. The minimum absolute atomic E-state index is 0. The van der Waals surface area contributed by atoms with E-state index >= 15 is 0 Å². The van der Waals surface area contributed by atoms with Crippen molar-refractivity contribution in [2.75, 3.05) is 12.3 Å². The van der Waals surface area contributed by atoms with E-state index in [0.29, 0.717) is 24.0 Å². The lowest BCUT2D eigenvalue weighted by Crippen LogP contribution is -2.33. The van der Waals surface area contributed by atoms with Gasteiger partial charge in [-0.2, -0.15) is 0 Å². The lowest BCUT2D eigenvalue weighted by atomic mass is 10.3. The third kappa shape index (κ3) is 3.20. The predicted molar refractivity (Wildman–Crippen MR) is 70.2 cm³/mol. The van der Waals surface area contributed by atoms with Gasteiger partial charge in [0, 0.05) is 12.6 Å². The van der Waals surface area contributed by atoms with Crippen molar-refractivity contribution >= 4 is 24.0 Å².